The molecule has 2 nitrogen and oxygen atoms in total. The summed E-state index contributed by atoms with van der Waals surface area (Å²) < 4.78 is 13.1. The minimum absolute atomic E-state index is 0.237. The first-order valence-corrected chi connectivity index (χ1v) is 7.44. The Hall–Kier alpha value is -1.58. The monoisotopic (exact) mass is 306 g/mol. The van der Waals surface area contributed by atoms with E-state index < -0.39 is 0 Å². The molecule has 21 heavy (non-hydrogen) atoms. The van der Waals surface area contributed by atoms with Crippen LogP contribution in [0.15, 0.2) is 42.5 Å². The van der Waals surface area contributed by atoms with Gasteiger partial charge in [0.15, 0.2) is 0 Å². The third kappa shape index (κ3) is 3.55. The molecule has 0 aromatic heterocycles. The maximum atomic E-state index is 13.1. The second-order valence-electron chi connectivity index (χ2n) is 4.94. The van der Waals surface area contributed by atoms with Crippen LogP contribution in [0.3, 0.4) is 0 Å². The van der Waals surface area contributed by atoms with Crippen molar-refractivity contribution in [3.63, 3.8) is 0 Å². The number of hydrogen-bond donors (Lipinski definition) is 1. The summed E-state index contributed by atoms with van der Waals surface area (Å²) in [6, 6.07) is 12.8. The average molecular weight is 307 g/mol. The van der Waals surface area contributed by atoms with E-state index in [0.29, 0.717) is 5.02 Å². The minimum atomic E-state index is -0.237. The summed E-state index contributed by atoms with van der Waals surface area (Å²) in [5, 5.41) is 3.89. The van der Waals surface area contributed by atoms with Crippen LogP contribution in [0, 0.1) is 5.82 Å². The number of benzene rings is 2. The van der Waals surface area contributed by atoms with Gasteiger partial charge >= 0.3 is 0 Å². The highest BCUT2D eigenvalue weighted by Crippen LogP contribution is 2.33. The zero-order valence-corrected chi connectivity index (χ0v) is 13.3. The van der Waals surface area contributed by atoms with Gasteiger partial charge in [-0.15, -0.1) is 0 Å². The van der Waals surface area contributed by atoms with Crippen LogP contribution >= 0.6 is 11.6 Å². The summed E-state index contributed by atoms with van der Waals surface area (Å²) in [5.74, 6) is -0.237. The number of hydrogen-bond acceptors (Lipinski definition) is 2. The fourth-order valence-corrected chi connectivity index (χ4v) is 2.58. The van der Waals surface area contributed by atoms with Gasteiger partial charge in [0.2, 0.25) is 0 Å². The fourth-order valence-electron chi connectivity index (χ4n) is 2.29. The second kappa shape index (κ2) is 6.92. The van der Waals surface area contributed by atoms with E-state index in [-0.39, 0.29) is 11.9 Å². The highest BCUT2D eigenvalue weighted by molar-refractivity contribution is 6.33. The fraction of sp³-hybridized carbons (Fsp3) is 0.294. The van der Waals surface area contributed by atoms with Gasteiger partial charge in [-0.3, -0.25) is 0 Å². The van der Waals surface area contributed by atoms with Gasteiger partial charge in [-0.1, -0.05) is 17.7 Å². The Bertz CT molecular complexity index is 598. The zero-order chi connectivity index (χ0) is 15.4. The lowest BCUT2D eigenvalue weighted by atomic mass is 10.1. The van der Waals surface area contributed by atoms with Crippen LogP contribution in [-0.4, -0.2) is 13.6 Å². The van der Waals surface area contributed by atoms with Crippen molar-refractivity contribution in [1.29, 1.82) is 0 Å². The average Bonchev–Trinajstić information content (AvgIpc) is 2.50. The minimum Gasteiger partial charge on any atom is -0.341 e. The van der Waals surface area contributed by atoms with Crippen molar-refractivity contribution < 1.29 is 4.39 Å². The molecular formula is C17H20ClFN2. The van der Waals surface area contributed by atoms with Crippen molar-refractivity contribution in [3.05, 3.63) is 58.9 Å². The van der Waals surface area contributed by atoms with Crippen LogP contribution in [0.25, 0.3) is 0 Å². The van der Waals surface area contributed by atoms with Crippen molar-refractivity contribution in [2.75, 3.05) is 18.5 Å². The van der Waals surface area contributed by atoms with E-state index in [1.165, 1.54) is 12.1 Å². The van der Waals surface area contributed by atoms with Gasteiger partial charge in [-0.05, 0) is 62.9 Å². The lowest BCUT2D eigenvalue weighted by Gasteiger charge is -2.25. The summed E-state index contributed by atoms with van der Waals surface area (Å²) in [5.41, 5.74) is 2.99. The third-order valence-corrected chi connectivity index (χ3v) is 3.95. The Labute approximate surface area is 130 Å². The van der Waals surface area contributed by atoms with Crippen LogP contribution in [0.2, 0.25) is 5.02 Å². The molecule has 1 atom stereocenters. The van der Waals surface area contributed by atoms with Gasteiger partial charge in [-0.2, -0.15) is 0 Å². The summed E-state index contributed by atoms with van der Waals surface area (Å²) in [6.45, 7) is 4.89. The highest BCUT2D eigenvalue weighted by atomic mass is 35.5. The predicted molar refractivity (Wildman–Crippen MR) is 88.0 cm³/mol. The lowest BCUT2D eigenvalue weighted by molar-refractivity contribution is 0.628. The summed E-state index contributed by atoms with van der Waals surface area (Å²) in [6.07, 6.45) is 0. The number of rotatable bonds is 5. The molecule has 0 aliphatic heterocycles. The molecule has 1 unspecified atom stereocenters. The number of nitrogens with one attached hydrogen (secondary N) is 1. The molecule has 0 heterocycles. The maximum absolute atomic E-state index is 13.1. The first-order valence-electron chi connectivity index (χ1n) is 7.06. The molecule has 1 N–H and O–H groups in total. The first kappa shape index (κ1) is 15.8. The predicted octanol–water partition coefficient (Wildman–Crippen LogP) is 4.92. The van der Waals surface area contributed by atoms with E-state index in [2.05, 4.69) is 23.2 Å². The van der Waals surface area contributed by atoms with Crippen LogP contribution in [-0.2, 0) is 0 Å². The van der Waals surface area contributed by atoms with E-state index in [1.807, 2.05) is 26.1 Å². The molecule has 112 valence electrons. The van der Waals surface area contributed by atoms with Crippen molar-refractivity contribution >= 4 is 23.0 Å². The van der Waals surface area contributed by atoms with E-state index >= 15 is 0 Å². The van der Waals surface area contributed by atoms with E-state index in [0.717, 1.165) is 23.5 Å². The number of halogens is 2. The Morgan fingerprint density at radius 1 is 1.19 bits per heavy atom. The molecule has 0 amide bonds. The smallest absolute Gasteiger partial charge is 0.123 e. The molecule has 0 fully saturated rings. The molecular weight excluding hydrogens is 287 g/mol. The lowest BCUT2D eigenvalue weighted by Crippen LogP contribution is -2.17. The van der Waals surface area contributed by atoms with Crippen molar-refractivity contribution in [1.82, 2.24) is 5.32 Å². The molecule has 0 saturated carbocycles. The molecule has 2 aromatic carbocycles. The van der Waals surface area contributed by atoms with Gasteiger partial charge in [0.1, 0.15) is 5.82 Å². The summed E-state index contributed by atoms with van der Waals surface area (Å²) in [4.78, 5) is 2.07. The highest BCUT2D eigenvalue weighted by Gasteiger charge is 2.13. The molecule has 0 aliphatic carbocycles. The molecule has 4 heteroatoms. The van der Waals surface area contributed by atoms with Crippen molar-refractivity contribution in [2.45, 2.75) is 19.9 Å². The Kier molecular flexibility index (Phi) is 5.21. The second-order valence-corrected chi connectivity index (χ2v) is 5.35. The Morgan fingerprint density at radius 3 is 2.38 bits per heavy atom. The van der Waals surface area contributed by atoms with Gasteiger partial charge in [0.25, 0.3) is 0 Å². The van der Waals surface area contributed by atoms with E-state index in [4.69, 9.17) is 11.6 Å². The largest absolute Gasteiger partial charge is 0.341 e. The van der Waals surface area contributed by atoms with Crippen molar-refractivity contribution in [2.24, 2.45) is 0 Å². The normalized spacial score (nSPS) is 12.2. The van der Waals surface area contributed by atoms with Crippen LogP contribution < -0.4 is 10.2 Å². The van der Waals surface area contributed by atoms with Crippen LogP contribution in [0.5, 0.6) is 0 Å². The van der Waals surface area contributed by atoms with E-state index in [1.54, 1.807) is 12.1 Å². The van der Waals surface area contributed by atoms with Gasteiger partial charge < -0.3 is 10.2 Å². The summed E-state index contributed by atoms with van der Waals surface area (Å²) >= 11 is 6.44. The molecule has 2 rings (SSSR count). The quantitative estimate of drug-likeness (QED) is 0.843. The van der Waals surface area contributed by atoms with Crippen LogP contribution in [0.4, 0.5) is 15.8 Å². The number of nitrogens with zero attached hydrogens (tertiary/aromatic N) is 1. The third-order valence-electron chi connectivity index (χ3n) is 3.65. The Balaban J connectivity index is 2.36. The molecule has 2 aromatic rings. The van der Waals surface area contributed by atoms with E-state index in [9.17, 15) is 4.39 Å². The van der Waals surface area contributed by atoms with Gasteiger partial charge in [0, 0.05) is 18.3 Å². The molecule has 0 radical (unpaired) electrons. The van der Waals surface area contributed by atoms with Crippen LogP contribution in [0.1, 0.15) is 25.5 Å². The molecule has 0 bridgehead atoms. The zero-order valence-electron chi connectivity index (χ0n) is 12.5. The standard InChI is InChI=1S/C17H20ClFN2/c1-4-21(15-8-6-14(19)7-9-15)17-10-5-13(11-16(17)18)12(2)20-3/h5-12,20H,4H2,1-3H3. The Morgan fingerprint density at radius 2 is 1.86 bits per heavy atom. The molecule has 0 saturated heterocycles. The summed E-state index contributed by atoms with van der Waals surface area (Å²) in [7, 11) is 1.92. The first-order chi connectivity index (χ1) is 10.1. The SMILES string of the molecule is CCN(c1ccc(F)cc1)c1ccc(C(C)NC)cc1Cl. The molecule has 0 spiro atoms. The maximum Gasteiger partial charge on any atom is 0.123 e. The topological polar surface area (TPSA) is 15.3 Å². The number of anilines is 2. The van der Waals surface area contributed by atoms with Crippen molar-refractivity contribution in [3.8, 4) is 0 Å². The van der Waals surface area contributed by atoms with Gasteiger partial charge in [0.05, 0.1) is 10.7 Å². The van der Waals surface area contributed by atoms with Gasteiger partial charge in [-0.25, -0.2) is 4.39 Å². The molecule has 0 aliphatic rings.